The second kappa shape index (κ2) is 6.72. The van der Waals surface area contributed by atoms with E-state index in [1.54, 1.807) is 0 Å². The van der Waals surface area contributed by atoms with Crippen LogP contribution in [0.2, 0.25) is 0 Å². The summed E-state index contributed by atoms with van der Waals surface area (Å²) in [6, 6.07) is 7.63. The maximum Gasteiger partial charge on any atom is 0.220 e. The summed E-state index contributed by atoms with van der Waals surface area (Å²) in [7, 11) is 0. The van der Waals surface area contributed by atoms with Crippen LogP contribution in [0.3, 0.4) is 0 Å². The van der Waals surface area contributed by atoms with Crippen molar-refractivity contribution >= 4 is 5.91 Å². The van der Waals surface area contributed by atoms with Crippen molar-refractivity contribution in [2.24, 2.45) is 0 Å². The largest absolute Gasteiger partial charge is 0.384 e. The van der Waals surface area contributed by atoms with E-state index < -0.39 is 0 Å². The lowest BCUT2D eigenvalue weighted by molar-refractivity contribution is -0.121. The van der Waals surface area contributed by atoms with Gasteiger partial charge in [-0.1, -0.05) is 30.9 Å². The molecule has 0 fully saturated rings. The molecular formula is C14H17NO2. The fourth-order valence-electron chi connectivity index (χ4n) is 1.42. The van der Waals surface area contributed by atoms with Gasteiger partial charge in [0.05, 0.1) is 6.04 Å². The Morgan fingerprint density at radius 3 is 2.59 bits per heavy atom. The van der Waals surface area contributed by atoms with Crippen LogP contribution in [0.5, 0.6) is 0 Å². The molecule has 0 spiro atoms. The smallest absolute Gasteiger partial charge is 0.220 e. The van der Waals surface area contributed by atoms with E-state index in [1.165, 1.54) is 0 Å². The van der Waals surface area contributed by atoms with Gasteiger partial charge >= 0.3 is 0 Å². The molecule has 0 aliphatic heterocycles. The Bertz CT molecular complexity index is 426. The van der Waals surface area contributed by atoms with Crippen LogP contribution in [-0.4, -0.2) is 17.6 Å². The summed E-state index contributed by atoms with van der Waals surface area (Å²) < 4.78 is 0. The Morgan fingerprint density at radius 1 is 1.41 bits per heavy atom. The number of carbonyl (C=O) groups excluding carboxylic acids is 1. The average Bonchev–Trinajstić information content (AvgIpc) is 2.36. The van der Waals surface area contributed by atoms with Gasteiger partial charge in [-0.3, -0.25) is 4.79 Å². The molecular weight excluding hydrogens is 214 g/mol. The molecule has 1 amide bonds. The number of amides is 1. The van der Waals surface area contributed by atoms with Crippen molar-refractivity contribution in [1.29, 1.82) is 0 Å². The highest BCUT2D eigenvalue weighted by Gasteiger charge is 2.07. The molecule has 1 aromatic rings. The Balaban J connectivity index is 2.70. The van der Waals surface area contributed by atoms with Crippen LogP contribution in [0.15, 0.2) is 24.3 Å². The van der Waals surface area contributed by atoms with Gasteiger partial charge in [-0.05, 0) is 24.6 Å². The monoisotopic (exact) mass is 231 g/mol. The minimum atomic E-state index is -0.134. The van der Waals surface area contributed by atoms with Gasteiger partial charge in [0.1, 0.15) is 6.61 Å². The van der Waals surface area contributed by atoms with Crippen molar-refractivity contribution in [3.05, 3.63) is 35.4 Å². The molecule has 3 nitrogen and oxygen atoms in total. The molecule has 0 aliphatic carbocycles. The van der Waals surface area contributed by atoms with E-state index in [0.717, 1.165) is 11.1 Å². The van der Waals surface area contributed by atoms with Crippen molar-refractivity contribution in [1.82, 2.24) is 5.32 Å². The number of hydrogen-bond acceptors (Lipinski definition) is 2. The van der Waals surface area contributed by atoms with Crippen LogP contribution >= 0.6 is 0 Å². The Labute approximate surface area is 102 Å². The van der Waals surface area contributed by atoms with E-state index in [9.17, 15) is 4.79 Å². The van der Waals surface area contributed by atoms with Gasteiger partial charge in [-0.15, -0.1) is 0 Å². The zero-order valence-corrected chi connectivity index (χ0v) is 10.2. The molecule has 0 radical (unpaired) electrons. The van der Waals surface area contributed by atoms with Crippen LogP contribution in [0, 0.1) is 11.8 Å². The standard InChI is InChI=1S/C14H17NO2/c1-3-14(17)15-11(2)13-8-6-12(7-9-13)5-4-10-16/h6-9,11,16H,3,10H2,1-2H3,(H,15,17). The van der Waals surface area contributed by atoms with Gasteiger partial charge in [-0.25, -0.2) is 0 Å². The highest BCUT2D eigenvalue weighted by atomic mass is 16.2. The van der Waals surface area contributed by atoms with Crippen molar-refractivity contribution in [2.75, 3.05) is 6.61 Å². The van der Waals surface area contributed by atoms with Gasteiger partial charge in [0, 0.05) is 12.0 Å². The minimum absolute atomic E-state index is 0.00213. The van der Waals surface area contributed by atoms with E-state index in [0.29, 0.717) is 6.42 Å². The average molecular weight is 231 g/mol. The quantitative estimate of drug-likeness (QED) is 0.777. The molecule has 0 saturated heterocycles. The Hall–Kier alpha value is -1.79. The first-order chi connectivity index (χ1) is 8.17. The topological polar surface area (TPSA) is 49.3 Å². The number of carbonyl (C=O) groups is 1. The maximum absolute atomic E-state index is 11.2. The van der Waals surface area contributed by atoms with Crippen molar-refractivity contribution in [2.45, 2.75) is 26.3 Å². The highest BCUT2D eigenvalue weighted by Crippen LogP contribution is 2.13. The number of nitrogens with one attached hydrogen (secondary N) is 1. The highest BCUT2D eigenvalue weighted by molar-refractivity contribution is 5.76. The molecule has 0 heterocycles. The lowest BCUT2D eigenvalue weighted by Gasteiger charge is -2.13. The van der Waals surface area contributed by atoms with E-state index >= 15 is 0 Å². The fraction of sp³-hybridized carbons (Fsp3) is 0.357. The summed E-state index contributed by atoms with van der Waals surface area (Å²) in [5, 5.41) is 11.5. The molecule has 1 aromatic carbocycles. The van der Waals surface area contributed by atoms with Gasteiger partial charge in [0.2, 0.25) is 5.91 Å². The summed E-state index contributed by atoms with van der Waals surface area (Å²) in [4.78, 5) is 11.2. The van der Waals surface area contributed by atoms with Gasteiger partial charge in [0.25, 0.3) is 0 Å². The van der Waals surface area contributed by atoms with Crippen molar-refractivity contribution in [3.8, 4) is 11.8 Å². The van der Waals surface area contributed by atoms with Crippen molar-refractivity contribution < 1.29 is 9.90 Å². The lowest BCUT2D eigenvalue weighted by atomic mass is 10.1. The van der Waals surface area contributed by atoms with Crippen LogP contribution in [0.25, 0.3) is 0 Å². The van der Waals surface area contributed by atoms with Crippen LogP contribution < -0.4 is 5.32 Å². The second-order valence-electron chi connectivity index (χ2n) is 3.72. The maximum atomic E-state index is 11.2. The molecule has 0 bridgehead atoms. The number of benzene rings is 1. The predicted octanol–water partition coefficient (Wildman–Crippen LogP) is 1.62. The first-order valence-corrected chi connectivity index (χ1v) is 5.66. The van der Waals surface area contributed by atoms with Crippen LogP contribution in [0.4, 0.5) is 0 Å². The zero-order valence-electron chi connectivity index (χ0n) is 10.2. The zero-order chi connectivity index (χ0) is 12.7. The molecule has 1 rings (SSSR count). The van der Waals surface area contributed by atoms with Gasteiger partial charge < -0.3 is 10.4 Å². The fourth-order valence-corrected chi connectivity index (χ4v) is 1.42. The third-order valence-electron chi connectivity index (χ3n) is 2.42. The third kappa shape index (κ3) is 4.29. The van der Waals surface area contributed by atoms with Crippen LogP contribution in [0.1, 0.15) is 37.4 Å². The van der Waals surface area contributed by atoms with E-state index in [1.807, 2.05) is 38.1 Å². The molecule has 90 valence electrons. The molecule has 2 N–H and O–H groups in total. The Morgan fingerprint density at radius 2 is 2.06 bits per heavy atom. The first kappa shape index (κ1) is 13.3. The third-order valence-corrected chi connectivity index (χ3v) is 2.42. The van der Waals surface area contributed by atoms with E-state index in [2.05, 4.69) is 17.2 Å². The molecule has 0 aliphatic rings. The molecule has 3 heteroatoms. The summed E-state index contributed by atoms with van der Waals surface area (Å²) in [5.41, 5.74) is 1.90. The van der Waals surface area contributed by atoms with Crippen molar-refractivity contribution in [3.63, 3.8) is 0 Å². The number of aliphatic hydroxyl groups is 1. The lowest BCUT2D eigenvalue weighted by Crippen LogP contribution is -2.25. The predicted molar refractivity (Wildman–Crippen MR) is 67.3 cm³/mol. The number of aliphatic hydroxyl groups excluding tert-OH is 1. The summed E-state index contributed by atoms with van der Waals surface area (Å²) in [6.07, 6.45) is 0.490. The molecule has 1 atom stereocenters. The second-order valence-corrected chi connectivity index (χ2v) is 3.72. The van der Waals surface area contributed by atoms with Gasteiger partial charge in [-0.2, -0.15) is 0 Å². The Kier molecular flexibility index (Phi) is 5.25. The number of rotatable bonds is 3. The molecule has 0 saturated carbocycles. The first-order valence-electron chi connectivity index (χ1n) is 5.66. The normalized spacial score (nSPS) is 11.2. The summed E-state index contributed by atoms with van der Waals surface area (Å²) in [6.45, 7) is 3.64. The summed E-state index contributed by atoms with van der Waals surface area (Å²) in [5.74, 6) is 5.46. The minimum Gasteiger partial charge on any atom is -0.384 e. The molecule has 1 unspecified atom stereocenters. The van der Waals surface area contributed by atoms with E-state index in [-0.39, 0.29) is 18.6 Å². The SMILES string of the molecule is CCC(=O)NC(C)c1ccc(C#CCO)cc1. The molecule has 17 heavy (non-hydrogen) atoms. The number of hydrogen-bond donors (Lipinski definition) is 2. The van der Waals surface area contributed by atoms with E-state index in [4.69, 9.17) is 5.11 Å². The van der Waals surface area contributed by atoms with Gasteiger partial charge in [0.15, 0.2) is 0 Å². The van der Waals surface area contributed by atoms with Crippen LogP contribution in [-0.2, 0) is 4.79 Å². The summed E-state index contributed by atoms with van der Waals surface area (Å²) >= 11 is 0. The molecule has 0 aromatic heterocycles.